The van der Waals surface area contributed by atoms with Crippen LogP contribution in [-0.2, 0) is 4.79 Å². The Morgan fingerprint density at radius 2 is 2.04 bits per heavy atom. The lowest BCUT2D eigenvalue weighted by atomic mass is 10.0. The molecule has 23 heavy (non-hydrogen) atoms. The molecule has 0 saturated carbocycles. The first-order valence-electron chi connectivity index (χ1n) is 6.93. The predicted octanol–water partition coefficient (Wildman–Crippen LogP) is 3.83. The number of carbonyl (C=O) groups is 1. The summed E-state index contributed by atoms with van der Waals surface area (Å²) in [5.41, 5.74) is 2.06. The molecule has 118 valence electrons. The van der Waals surface area contributed by atoms with E-state index >= 15 is 0 Å². The average molecular weight is 364 g/mol. The Morgan fingerprint density at radius 3 is 2.70 bits per heavy atom. The molecule has 1 unspecified atom stereocenters. The van der Waals surface area contributed by atoms with Crippen molar-refractivity contribution in [3.63, 3.8) is 0 Å². The SMILES string of the molecule is CC1=C(C(=O)Nc2ccc(Cl)cc2)C(c2cccs2)NC(=S)N1. The van der Waals surface area contributed by atoms with Gasteiger partial charge in [0, 0.05) is 21.3 Å². The minimum Gasteiger partial charge on any atom is -0.350 e. The van der Waals surface area contributed by atoms with Gasteiger partial charge in [-0.3, -0.25) is 4.79 Å². The summed E-state index contributed by atoms with van der Waals surface area (Å²) >= 11 is 12.7. The van der Waals surface area contributed by atoms with Crippen LogP contribution in [0.4, 0.5) is 5.69 Å². The second-order valence-electron chi connectivity index (χ2n) is 5.05. The summed E-state index contributed by atoms with van der Waals surface area (Å²) in [6.07, 6.45) is 0. The first-order chi connectivity index (χ1) is 11.0. The highest BCUT2D eigenvalue weighted by atomic mass is 35.5. The van der Waals surface area contributed by atoms with Crippen LogP contribution in [0.2, 0.25) is 5.02 Å². The van der Waals surface area contributed by atoms with Crippen LogP contribution in [0.5, 0.6) is 0 Å². The molecule has 3 N–H and O–H groups in total. The van der Waals surface area contributed by atoms with E-state index in [9.17, 15) is 4.79 Å². The van der Waals surface area contributed by atoms with E-state index in [1.807, 2.05) is 24.4 Å². The molecule has 1 aliphatic heterocycles. The third-order valence-corrected chi connectivity index (χ3v) is 4.85. The quantitative estimate of drug-likeness (QED) is 0.725. The summed E-state index contributed by atoms with van der Waals surface area (Å²) in [5.74, 6) is -0.175. The zero-order valence-corrected chi connectivity index (χ0v) is 14.6. The molecule has 0 fully saturated rings. The number of halogens is 1. The van der Waals surface area contributed by atoms with Crippen molar-refractivity contribution in [1.82, 2.24) is 10.6 Å². The van der Waals surface area contributed by atoms with Gasteiger partial charge in [-0.2, -0.15) is 0 Å². The molecule has 2 aromatic rings. The van der Waals surface area contributed by atoms with Gasteiger partial charge in [-0.05, 0) is 54.9 Å². The maximum absolute atomic E-state index is 12.8. The number of hydrogen-bond acceptors (Lipinski definition) is 3. The Balaban J connectivity index is 1.90. The zero-order valence-electron chi connectivity index (χ0n) is 12.2. The summed E-state index contributed by atoms with van der Waals surface area (Å²) in [7, 11) is 0. The molecule has 1 amide bonds. The second-order valence-corrected chi connectivity index (χ2v) is 6.87. The third kappa shape index (κ3) is 3.55. The van der Waals surface area contributed by atoms with Gasteiger partial charge in [0.15, 0.2) is 5.11 Å². The molecule has 7 heteroatoms. The van der Waals surface area contributed by atoms with Crippen LogP contribution in [0.1, 0.15) is 17.8 Å². The van der Waals surface area contributed by atoms with Crippen LogP contribution in [0.3, 0.4) is 0 Å². The van der Waals surface area contributed by atoms with Gasteiger partial charge in [-0.25, -0.2) is 0 Å². The fourth-order valence-electron chi connectivity index (χ4n) is 2.40. The molecular weight excluding hydrogens is 350 g/mol. The normalized spacial score (nSPS) is 17.5. The monoisotopic (exact) mass is 363 g/mol. The fraction of sp³-hybridized carbons (Fsp3) is 0.125. The molecule has 1 aliphatic rings. The van der Waals surface area contributed by atoms with Crippen molar-refractivity contribution in [2.45, 2.75) is 13.0 Å². The van der Waals surface area contributed by atoms with Crippen molar-refractivity contribution >= 4 is 51.9 Å². The summed E-state index contributed by atoms with van der Waals surface area (Å²) < 4.78 is 0. The molecule has 1 aromatic carbocycles. The molecule has 4 nitrogen and oxygen atoms in total. The van der Waals surface area contributed by atoms with Crippen LogP contribution in [0, 0.1) is 0 Å². The molecule has 3 rings (SSSR count). The topological polar surface area (TPSA) is 53.2 Å². The molecule has 1 atom stereocenters. The Labute approximate surface area is 148 Å². The standard InChI is InChI=1S/C16H14ClN3OS2/c1-9-13(15(21)19-11-6-4-10(17)5-7-11)14(20-16(22)18-9)12-3-2-8-23-12/h2-8,14H,1H3,(H,19,21)(H2,18,20,22). The van der Waals surface area contributed by atoms with E-state index in [0.29, 0.717) is 21.4 Å². The molecular formula is C16H14ClN3OS2. The summed E-state index contributed by atoms with van der Waals surface area (Å²) in [6, 6.07) is 10.7. The molecule has 0 bridgehead atoms. The molecule has 0 saturated heterocycles. The van der Waals surface area contributed by atoms with Crippen molar-refractivity contribution in [1.29, 1.82) is 0 Å². The van der Waals surface area contributed by atoms with Crippen LogP contribution in [0.15, 0.2) is 53.0 Å². The molecule has 2 heterocycles. The van der Waals surface area contributed by atoms with Gasteiger partial charge in [-0.1, -0.05) is 17.7 Å². The summed E-state index contributed by atoms with van der Waals surface area (Å²) in [4.78, 5) is 13.8. The second kappa shape index (κ2) is 6.70. The van der Waals surface area contributed by atoms with E-state index < -0.39 is 0 Å². The highest BCUT2D eigenvalue weighted by Gasteiger charge is 2.30. The highest BCUT2D eigenvalue weighted by molar-refractivity contribution is 7.80. The fourth-order valence-corrected chi connectivity index (χ4v) is 3.58. The maximum atomic E-state index is 12.8. The molecule has 1 aromatic heterocycles. The maximum Gasteiger partial charge on any atom is 0.255 e. The molecule has 0 spiro atoms. The predicted molar refractivity (Wildman–Crippen MR) is 98.7 cm³/mol. The smallest absolute Gasteiger partial charge is 0.255 e. The van der Waals surface area contributed by atoms with Crippen LogP contribution < -0.4 is 16.0 Å². The van der Waals surface area contributed by atoms with Crippen molar-refractivity contribution in [3.05, 3.63) is 62.9 Å². The first-order valence-corrected chi connectivity index (χ1v) is 8.60. The number of hydrogen-bond donors (Lipinski definition) is 3. The van der Waals surface area contributed by atoms with E-state index in [2.05, 4.69) is 16.0 Å². The number of amides is 1. The minimum atomic E-state index is -0.254. The van der Waals surface area contributed by atoms with Crippen molar-refractivity contribution in [3.8, 4) is 0 Å². The van der Waals surface area contributed by atoms with E-state index in [-0.39, 0.29) is 11.9 Å². The highest BCUT2D eigenvalue weighted by Crippen LogP contribution is 2.30. The van der Waals surface area contributed by atoms with Gasteiger partial charge < -0.3 is 16.0 Å². The largest absolute Gasteiger partial charge is 0.350 e. The average Bonchev–Trinajstić information content (AvgIpc) is 3.03. The van der Waals surface area contributed by atoms with Crippen LogP contribution >= 0.6 is 35.2 Å². The number of benzene rings is 1. The minimum absolute atomic E-state index is 0.175. The number of thiocarbonyl (C=S) groups is 1. The van der Waals surface area contributed by atoms with Crippen LogP contribution in [-0.4, -0.2) is 11.0 Å². The Kier molecular flexibility index (Phi) is 4.66. The lowest BCUT2D eigenvalue weighted by Crippen LogP contribution is -2.45. The number of rotatable bonds is 3. The Morgan fingerprint density at radius 1 is 1.30 bits per heavy atom. The van der Waals surface area contributed by atoms with Gasteiger partial charge >= 0.3 is 0 Å². The summed E-state index contributed by atoms with van der Waals surface area (Å²) in [6.45, 7) is 1.85. The number of allylic oxidation sites excluding steroid dienone is 1. The van der Waals surface area contributed by atoms with Gasteiger partial charge in [0.2, 0.25) is 0 Å². The Bertz CT molecular complexity index is 769. The van der Waals surface area contributed by atoms with E-state index in [1.165, 1.54) is 0 Å². The number of nitrogens with one attached hydrogen (secondary N) is 3. The van der Waals surface area contributed by atoms with E-state index in [0.717, 1.165) is 10.6 Å². The van der Waals surface area contributed by atoms with E-state index in [4.69, 9.17) is 23.8 Å². The summed E-state index contributed by atoms with van der Waals surface area (Å²) in [5, 5.41) is 12.2. The van der Waals surface area contributed by atoms with Crippen molar-refractivity contribution < 1.29 is 4.79 Å². The van der Waals surface area contributed by atoms with Gasteiger partial charge in [0.25, 0.3) is 5.91 Å². The molecule has 0 aliphatic carbocycles. The van der Waals surface area contributed by atoms with Crippen molar-refractivity contribution in [2.24, 2.45) is 0 Å². The van der Waals surface area contributed by atoms with Gasteiger partial charge in [-0.15, -0.1) is 11.3 Å². The van der Waals surface area contributed by atoms with Crippen molar-refractivity contribution in [2.75, 3.05) is 5.32 Å². The van der Waals surface area contributed by atoms with Gasteiger partial charge in [0.05, 0.1) is 11.6 Å². The zero-order chi connectivity index (χ0) is 16.4. The number of carbonyl (C=O) groups excluding carboxylic acids is 1. The number of anilines is 1. The molecule has 0 radical (unpaired) electrons. The third-order valence-electron chi connectivity index (χ3n) is 3.44. The lowest BCUT2D eigenvalue weighted by molar-refractivity contribution is -0.113. The lowest BCUT2D eigenvalue weighted by Gasteiger charge is -2.29. The van der Waals surface area contributed by atoms with E-state index in [1.54, 1.807) is 35.6 Å². The first kappa shape index (κ1) is 16.0. The van der Waals surface area contributed by atoms with Gasteiger partial charge in [0.1, 0.15) is 0 Å². The van der Waals surface area contributed by atoms with Crippen LogP contribution in [0.25, 0.3) is 0 Å². The Hall–Kier alpha value is -1.89. The number of thiophene rings is 1.